The molecule has 2 N–H and O–H groups in total. The average Bonchev–Trinajstić information content (AvgIpc) is 3.11. The highest BCUT2D eigenvalue weighted by atomic mass is 32.2. The lowest BCUT2D eigenvalue weighted by molar-refractivity contribution is -0.126. The molecule has 11 nitrogen and oxygen atoms in total. The van der Waals surface area contributed by atoms with Crippen molar-refractivity contribution in [3.8, 4) is 5.75 Å². The number of benzene rings is 4. The number of ether oxygens (including phenoxy) is 2. The molecule has 2 atom stereocenters. The molecule has 0 aromatic heterocycles. The lowest BCUT2D eigenvalue weighted by Crippen LogP contribution is -2.61. The van der Waals surface area contributed by atoms with E-state index in [4.69, 9.17) is 13.7 Å². The minimum atomic E-state index is -4.04. The van der Waals surface area contributed by atoms with Gasteiger partial charge < -0.3 is 24.3 Å². The average molecular weight is 658 g/mol. The van der Waals surface area contributed by atoms with E-state index in [0.717, 1.165) is 11.1 Å². The molecule has 0 radical (unpaired) electrons. The van der Waals surface area contributed by atoms with Crippen molar-refractivity contribution in [1.29, 1.82) is 0 Å². The van der Waals surface area contributed by atoms with Crippen molar-refractivity contribution in [2.24, 2.45) is 0 Å². The number of carbonyl (C=O) groups is 3. The van der Waals surface area contributed by atoms with Gasteiger partial charge in [0.15, 0.2) is 5.78 Å². The zero-order chi connectivity index (χ0) is 33.1. The number of amides is 2. The molecule has 1 fully saturated rings. The molecule has 0 aliphatic carbocycles. The van der Waals surface area contributed by atoms with Crippen molar-refractivity contribution in [3.63, 3.8) is 0 Å². The van der Waals surface area contributed by atoms with Crippen LogP contribution in [-0.4, -0.2) is 63.0 Å². The van der Waals surface area contributed by atoms with E-state index in [1.54, 1.807) is 30.3 Å². The second-order valence-corrected chi connectivity index (χ2v) is 12.4. The van der Waals surface area contributed by atoms with Crippen LogP contribution in [0.25, 0.3) is 0 Å². The number of nitrogens with one attached hydrogen (secondary N) is 2. The van der Waals surface area contributed by atoms with Crippen LogP contribution < -0.4 is 14.8 Å². The van der Waals surface area contributed by atoms with Gasteiger partial charge in [-0.15, -0.1) is 0 Å². The van der Waals surface area contributed by atoms with Crippen LogP contribution >= 0.6 is 0 Å². The van der Waals surface area contributed by atoms with Crippen LogP contribution in [0.4, 0.5) is 9.59 Å². The number of hydrogen-bond acceptors (Lipinski definition) is 9. The van der Waals surface area contributed by atoms with Gasteiger partial charge in [-0.25, -0.2) is 9.59 Å². The molecule has 1 unspecified atom stereocenters. The van der Waals surface area contributed by atoms with Crippen molar-refractivity contribution in [3.05, 3.63) is 132 Å². The van der Waals surface area contributed by atoms with Crippen molar-refractivity contribution < 1.29 is 36.5 Å². The molecule has 1 aliphatic heterocycles. The third kappa shape index (κ3) is 9.41. The van der Waals surface area contributed by atoms with Gasteiger partial charge in [0.1, 0.15) is 29.9 Å². The molecule has 4 aromatic carbocycles. The number of hydrogen-bond donors (Lipinski definition) is 2. The Labute approximate surface area is 273 Å². The standard InChI is InChI=1S/C35H35N3O8S/c39-33(32-23-36-20-21-38(32)35(41)45-25-28-12-6-2-7-13-28)31(37-34(40)44-24-27-10-4-1-5-11-27)22-26-16-18-29(19-17-26)46-47(42,43)30-14-8-3-9-15-30/h1-19,31-32,36H,20-25H2,(H,37,40)/t31-,32?/m0/s1. The summed E-state index contributed by atoms with van der Waals surface area (Å²) in [6, 6.07) is 30.2. The first-order chi connectivity index (χ1) is 22.8. The number of nitrogens with zero attached hydrogens (tertiary/aromatic N) is 1. The first-order valence-electron chi connectivity index (χ1n) is 15.1. The number of piperazine rings is 1. The molecule has 0 saturated carbocycles. The second kappa shape index (κ2) is 15.9. The van der Waals surface area contributed by atoms with Crippen LogP contribution in [0.3, 0.4) is 0 Å². The Morgan fingerprint density at radius 2 is 1.34 bits per heavy atom. The van der Waals surface area contributed by atoms with Gasteiger partial charge in [-0.3, -0.25) is 9.69 Å². The Balaban J connectivity index is 1.30. The summed E-state index contributed by atoms with van der Waals surface area (Å²) in [6.07, 6.45) is -1.41. The molecule has 2 amide bonds. The van der Waals surface area contributed by atoms with Crippen LogP contribution in [0.2, 0.25) is 0 Å². The highest BCUT2D eigenvalue weighted by Gasteiger charge is 2.37. The molecule has 244 valence electrons. The first kappa shape index (κ1) is 33.2. The Kier molecular flexibility index (Phi) is 11.2. The zero-order valence-electron chi connectivity index (χ0n) is 25.5. The number of rotatable bonds is 12. The molecule has 12 heteroatoms. The maximum atomic E-state index is 14.0. The summed E-state index contributed by atoms with van der Waals surface area (Å²) in [4.78, 5) is 41.5. The van der Waals surface area contributed by atoms with Gasteiger partial charge in [0.2, 0.25) is 0 Å². The highest BCUT2D eigenvalue weighted by molar-refractivity contribution is 7.87. The van der Waals surface area contributed by atoms with Crippen LogP contribution in [0.15, 0.2) is 120 Å². The Morgan fingerprint density at radius 1 is 0.766 bits per heavy atom. The number of Topliss-reactive ketones (excluding diaryl/α,β-unsaturated/α-hetero) is 1. The minimum Gasteiger partial charge on any atom is -0.445 e. The molecule has 0 spiro atoms. The summed E-state index contributed by atoms with van der Waals surface area (Å²) < 4.78 is 41.5. The molecular weight excluding hydrogens is 622 g/mol. The molecule has 47 heavy (non-hydrogen) atoms. The molecule has 5 rings (SSSR count). The van der Waals surface area contributed by atoms with E-state index >= 15 is 0 Å². The summed E-state index contributed by atoms with van der Waals surface area (Å²) in [5, 5.41) is 5.83. The summed E-state index contributed by atoms with van der Waals surface area (Å²) >= 11 is 0. The van der Waals surface area contributed by atoms with Crippen molar-refractivity contribution in [2.45, 2.75) is 36.6 Å². The lowest BCUT2D eigenvalue weighted by Gasteiger charge is -2.36. The molecule has 1 heterocycles. The molecule has 1 saturated heterocycles. The van der Waals surface area contributed by atoms with Crippen LogP contribution in [-0.2, 0) is 44.0 Å². The van der Waals surface area contributed by atoms with E-state index in [0.29, 0.717) is 12.1 Å². The lowest BCUT2D eigenvalue weighted by atomic mass is 9.96. The van der Waals surface area contributed by atoms with Crippen LogP contribution in [0.1, 0.15) is 16.7 Å². The van der Waals surface area contributed by atoms with Gasteiger partial charge in [0, 0.05) is 19.6 Å². The largest absolute Gasteiger partial charge is 0.445 e. The molecular formula is C35H35N3O8S. The van der Waals surface area contributed by atoms with Gasteiger partial charge in [0.05, 0.1) is 6.04 Å². The van der Waals surface area contributed by atoms with E-state index in [1.807, 2.05) is 60.7 Å². The van der Waals surface area contributed by atoms with E-state index in [1.165, 1.54) is 29.2 Å². The highest BCUT2D eigenvalue weighted by Crippen LogP contribution is 2.21. The third-order valence-electron chi connectivity index (χ3n) is 7.46. The van der Waals surface area contributed by atoms with Crippen LogP contribution in [0, 0.1) is 0 Å². The Hall–Kier alpha value is -5.20. The van der Waals surface area contributed by atoms with E-state index < -0.39 is 40.2 Å². The van der Waals surface area contributed by atoms with E-state index in [-0.39, 0.29) is 43.4 Å². The van der Waals surface area contributed by atoms with Gasteiger partial charge >= 0.3 is 22.3 Å². The summed E-state index contributed by atoms with van der Waals surface area (Å²) in [7, 11) is -4.04. The summed E-state index contributed by atoms with van der Waals surface area (Å²) in [6.45, 7) is 0.914. The molecule has 1 aliphatic rings. The van der Waals surface area contributed by atoms with Crippen molar-refractivity contribution in [2.75, 3.05) is 19.6 Å². The number of ketones is 1. The fourth-order valence-corrected chi connectivity index (χ4v) is 5.97. The normalized spacial score (nSPS) is 15.2. The van der Waals surface area contributed by atoms with Gasteiger partial charge in [0.25, 0.3) is 0 Å². The number of alkyl carbamates (subject to hydrolysis) is 1. The van der Waals surface area contributed by atoms with E-state index in [9.17, 15) is 22.8 Å². The maximum absolute atomic E-state index is 14.0. The summed E-state index contributed by atoms with van der Waals surface area (Å²) in [5.41, 5.74) is 2.19. The van der Waals surface area contributed by atoms with Crippen molar-refractivity contribution in [1.82, 2.24) is 15.5 Å². The fourth-order valence-electron chi connectivity index (χ4n) is 5.02. The fraction of sp³-hybridized carbons (Fsp3) is 0.229. The number of carbonyl (C=O) groups excluding carboxylic acids is 3. The third-order valence-corrected chi connectivity index (χ3v) is 8.72. The smallest absolute Gasteiger partial charge is 0.410 e. The maximum Gasteiger partial charge on any atom is 0.410 e. The van der Waals surface area contributed by atoms with Gasteiger partial charge in [-0.2, -0.15) is 8.42 Å². The quantitative estimate of drug-likeness (QED) is 0.211. The monoisotopic (exact) mass is 657 g/mol. The predicted molar refractivity (Wildman–Crippen MR) is 173 cm³/mol. The molecule has 0 bridgehead atoms. The zero-order valence-corrected chi connectivity index (χ0v) is 26.3. The van der Waals surface area contributed by atoms with Gasteiger partial charge in [-0.05, 0) is 47.4 Å². The topological polar surface area (TPSA) is 140 Å². The van der Waals surface area contributed by atoms with Crippen molar-refractivity contribution >= 4 is 28.1 Å². The second-order valence-electron chi connectivity index (χ2n) is 10.8. The van der Waals surface area contributed by atoms with Crippen LogP contribution in [0.5, 0.6) is 5.75 Å². The summed E-state index contributed by atoms with van der Waals surface area (Å²) in [5.74, 6) is -0.336. The van der Waals surface area contributed by atoms with Gasteiger partial charge in [-0.1, -0.05) is 91.0 Å². The minimum absolute atomic E-state index is 0.00156. The SMILES string of the molecule is O=C(N[C@@H](Cc1ccc(OS(=O)(=O)c2ccccc2)cc1)C(=O)C1CNCCN1C(=O)OCc1ccccc1)OCc1ccccc1. The molecule has 4 aromatic rings. The Morgan fingerprint density at radius 3 is 1.96 bits per heavy atom. The predicted octanol–water partition coefficient (Wildman–Crippen LogP) is 4.47. The Bertz CT molecular complexity index is 1740. The van der Waals surface area contributed by atoms with E-state index in [2.05, 4.69) is 10.6 Å². The first-order valence-corrected chi connectivity index (χ1v) is 16.5.